The number of hydrogen-bond donors (Lipinski definition) is 0. The first-order valence-electron chi connectivity index (χ1n) is 5.62. The lowest BCUT2D eigenvalue weighted by molar-refractivity contribution is -0.0915. The van der Waals surface area contributed by atoms with Crippen molar-refractivity contribution >= 4 is 7.60 Å². The minimum atomic E-state index is -4.74. The normalized spacial score (nSPS) is 14.0. The van der Waals surface area contributed by atoms with Crippen molar-refractivity contribution < 1.29 is 26.8 Å². The van der Waals surface area contributed by atoms with Gasteiger partial charge < -0.3 is 9.05 Å². The Balaban J connectivity index is 5.26. The van der Waals surface area contributed by atoms with Crippen molar-refractivity contribution in [2.45, 2.75) is 46.1 Å². The van der Waals surface area contributed by atoms with Crippen LogP contribution >= 0.6 is 7.60 Å². The van der Waals surface area contributed by atoms with Gasteiger partial charge in [-0.2, -0.15) is 18.4 Å². The summed E-state index contributed by atoms with van der Waals surface area (Å²) in [5.41, 5.74) is -1.22. The lowest BCUT2D eigenvalue weighted by Crippen LogP contribution is -2.19. The van der Waals surface area contributed by atoms with Gasteiger partial charge in [0, 0.05) is 6.08 Å². The van der Waals surface area contributed by atoms with Gasteiger partial charge in [0.1, 0.15) is 0 Å². The maximum absolute atomic E-state index is 12.7. The van der Waals surface area contributed by atoms with E-state index in [2.05, 4.69) is 0 Å². The fourth-order valence-electron chi connectivity index (χ4n) is 1.25. The molecule has 0 aromatic heterocycles. The average molecular weight is 299 g/mol. The van der Waals surface area contributed by atoms with E-state index in [1.807, 2.05) is 0 Å². The van der Waals surface area contributed by atoms with Gasteiger partial charge in [0.15, 0.2) is 0 Å². The average Bonchev–Trinajstić information content (AvgIpc) is 2.12. The van der Waals surface area contributed by atoms with E-state index >= 15 is 0 Å². The van der Waals surface area contributed by atoms with E-state index in [-0.39, 0.29) is 0 Å². The molecule has 0 amide bonds. The third kappa shape index (κ3) is 7.36. The predicted molar refractivity (Wildman–Crippen MR) is 64.7 cm³/mol. The molecule has 0 aliphatic carbocycles. The second-order valence-electron chi connectivity index (χ2n) is 4.37. The smallest absolute Gasteiger partial charge is 0.306 e. The number of halogens is 3. The molecule has 0 aromatic carbocycles. The zero-order valence-electron chi connectivity index (χ0n) is 11.2. The second kappa shape index (κ2) is 7.09. The molecule has 0 N–H and O–H groups in total. The Kier molecular flexibility index (Phi) is 6.78. The summed E-state index contributed by atoms with van der Waals surface area (Å²) < 4.78 is 60.3. The first-order valence-corrected chi connectivity index (χ1v) is 7.34. The number of nitrogens with zero attached hydrogens (tertiary/aromatic N) is 1. The Morgan fingerprint density at radius 2 is 1.68 bits per heavy atom. The molecule has 0 spiro atoms. The van der Waals surface area contributed by atoms with E-state index in [9.17, 15) is 17.7 Å². The quantitative estimate of drug-likeness (QED) is 0.548. The van der Waals surface area contributed by atoms with Crippen LogP contribution in [-0.4, -0.2) is 24.5 Å². The summed E-state index contributed by atoms with van der Waals surface area (Å²) in [5, 5.41) is 8.36. The van der Waals surface area contributed by atoms with Gasteiger partial charge in [0.05, 0.1) is 30.0 Å². The standard InChI is InChI=1S/C11H17F3NO3P/c1-8(2)17-19(16,18-9(3)4)7-10(5-6-15)11(12,13)14/h5,8-9H,7H2,1-4H3/b10-5+. The molecule has 19 heavy (non-hydrogen) atoms. The van der Waals surface area contributed by atoms with Crippen molar-refractivity contribution in [2.75, 3.05) is 6.16 Å². The van der Waals surface area contributed by atoms with Crippen molar-refractivity contribution in [3.05, 3.63) is 11.6 Å². The van der Waals surface area contributed by atoms with Gasteiger partial charge in [-0.25, -0.2) is 0 Å². The van der Waals surface area contributed by atoms with Gasteiger partial charge in [0.2, 0.25) is 0 Å². The maximum Gasteiger partial charge on any atom is 0.414 e. The molecule has 0 atom stereocenters. The van der Waals surface area contributed by atoms with Crippen LogP contribution < -0.4 is 0 Å². The van der Waals surface area contributed by atoms with Crippen LogP contribution in [0, 0.1) is 11.3 Å². The largest absolute Gasteiger partial charge is 0.414 e. The molecule has 0 saturated carbocycles. The summed E-state index contributed by atoms with van der Waals surface area (Å²) in [7, 11) is -3.95. The third-order valence-electron chi connectivity index (χ3n) is 1.71. The van der Waals surface area contributed by atoms with Crippen molar-refractivity contribution in [1.29, 1.82) is 5.26 Å². The fraction of sp³-hybridized carbons (Fsp3) is 0.727. The van der Waals surface area contributed by atoms with Crippen LogP contribution in [0.4, 0.5) is 13.2 Å². The Hall–Kier alpha value is -0.830. The van der Waals surface area contributed by atoms with Crippen LogP contribution in [0.1, 0.15) is 27.7 Å². The highest BCUT2D eigenvalue weighted by molar-refractivity contribution is 7.54. The van der Waals surface area contributed by atoms with Gasteiger partial charge in [-0.3, -0.25) is 4.57 Å². The topological polar surface area (TPSA) is 59.3 Å². The highest BCUT2D eigenvalue weighted by atomic mass is 31.2. The monoisotopic (exact) mass is 299 g/mol. The van der Waals surface area contributed by atoms with E-state index < -0.39 is 37.7 Å². The molecule has 110 valence electrons. The molecule has 8 heteroatoms. The number of alkyl halides is 3. The van der Waals surface area contributed by atoms with Crippen LogP contribution in [0.15, 0.2) is 11.6 Å². The van der Waals surface area contributed by atoms with Crippen LogP contribution in [-0.2, 0) is 13.6 Å². The molecule has 0 aliphatic rings. The van der Waals surface area contributed by atoms with E-state index in [0.29, 0.717) is 6.08 Å². The fourth-order valence-corrected chi connectivity index (χ4v) is 3.42. The van der Waals surface area contributed by atoms with Gasteiger partial charge in [-0.1, -0.05) is 0 Å². The molecule has 0 aliphatic heterocycles. The summed E-state index contributed by atoms with van der Waals surface area (Å²) in [4.78, 5) is 0. The molecule has 4 nitrogen and oxygen atoms in total. The van der Waals surface area contributed by atoms with E-state index in [1.54, 1.807) is 0 Å². The first kappa shape index (κ1) is 18.2. The number of allylic oxidation sites excluding steroid dienone is 2. The second-order valence-corrected chi connectivity index (χ2v) is 6.33. The van der Waals surface area contributed by atoms with Crippen molar-refractivity contribution in [2.24, 2.45) is 0 Å². The van der Waals surface area contributed by atoms with E-state index in [4.69, 9.17) is 14.3 Å². The molecule has 0 radical (unpaired) electrons. The van der Waals surface area contributed by atoms with Gasteiger partial charge in [-0.15, -0.1) is 0 Å². The summed E-state index contributed by atoms with van der Waals surface area (Å²) in [5.74, 6) is 0. The molecule has 0 fully saturated rings. The Bertz CT molecular complexity index is 396. The molecule has 0 bridgehead atoms. The molecule has 0 heterocycles. The van der Waals surface area contributed by atoms with E-state index in [0.717, 1.165) is 0 Å². The Morgan fingerprint density at radius 3 is 1.95 bits per heavy atom. The lowest BCUT2D eigenvalue weighted by atomic mass is 10.3. The maximum atomic E-state index is 12.7. The third-order valence-corrected chi connectivity index (χ3v) is 3.92. The number of nitriles is 1. The molecular weight excluding hydrogens is 282 g/mol. The van der Waals surface area contributed by atoms with Crippen LogP contribution in [0.2, 0.25) is 0 Å². The predicted octanol–water partition coefficient (Wildman–Crippen LogP) is 4.04. The summed E-state index contributed by atoms with van der Waals surface area (Å²) in [6, 6.07) is 1.29. The van der Waals surface area contributed by atoms with Crippen LogP contribution in [0.3, 0.4) is 0 Å². The molecule has 0 saturated heterocycles. The number of hydrogen-bond acceptors (Lipinski definition) is 4. The summed E-state index contributed by atoms with van der Waals surface area (Å²) in [6.45, 7) is 6.16. The number of rotatable bonds is 6. The van der Waals surface area contributed by atoms with Gasteiger partial charge in [-0.05, 0) is 27.7 Å². The zero-order valence-corrected chi connectivity index (χ0v) is 12.1. The highest BCUT2D eigenvalue weighted by Gasteiger charge is 2.40. The zero-order chi connectivity index (χ0) is 15.3. The lowest BCUT2D eigenvalue weighted by Gasteiger charge is -2.24. The summed E-state index contributed by atoms with van der Waals surface area (Å²) >= 11 is 0. The molecule has 0 rings (SSSR count). The Labute approximate surface area is 110 Å². The minimum Gasteiger partial charge on any atom is -0.306 e. The van der Waals surface area contributed by atoms with Crippen molar-refractivity contribution in [3.63, 3.8) is 0 Å². The molecular formula is C11H17F3NO3P. The first-order chi connectivity index (χ1) is 8.50. The Morgan fingerprint density at radius 1 is 1.26 bits per heavy atom. The van der Waals surface area contributed by atoms with Gasteiger partial charge in [0.25, 0.3) is 0 Å². The highest BCUT2D eigenvalue weighted by Crippen LogP contribution is 2.53. The van der Waals surface area contributed by atoms with Crippen LogP contribution in [0.5, 0.6) is 0 Å². The van der Waals surface area contributed by atoms with Crippen LogP contribution in [0.25, 0.3) is 0 Å². The van der Waals surface area contributed by atoms with Crippen molar-refractivity contribution in [1.82, 2.24) is 0 Å². The minimum absolute atomic E-state index is 0.319. The van der Waals surface area contributed by atoms with Gasteiger partial charge >= 0.3 is 13.8 Å². The van der Waals surface area contributed by atoms with E-state index in [1.165, 1.54) is 33.8 Å². The van der Waals surface area contributed by atoms with Crippen molar-refractivity contribution in [3.8, 4) is 6.07 Å². The molecule has 0 unspecified atom stereocenters. The SMILES string of the molecule is CC(C)OP(=O)(C/C(=C\C#N)C(F)(F)F)OC(C)C. The summed E-state index contributed by atoms with van der Waals surface area (Å²) in [6.07, 6.45) is -6.51. The molecule has 0 aromatic rings.